The molecule has 0 aliphatic carbocycles. The van der Waals surface area contributed by atoms with Gasteiger partial charge >= 0.3 is 0 Å². The summed E-state index contributed by atoms with van der Waals surface area (Å²) in [7, 11) is 2.11. The molecule has 1 aromatic heterocycles. The lowest BCUT2D eigenvalue weighted by atomic mass is 10.1. The summed E-state index contributed by atoms with van der Waals surface area (Å²) in [6, 6.07) is 3.90. The van der Waals surface area contributed by atoms with Gasteiger partial charge in [-0.05, 0) is 19.0 Å². The summed E-state index contributed by atoms with van der Waals surface area (Å²) in [4.78, 5) is 13.3. The molecule has 1 fully saturated rings. The molecule has 2 heterocycles. The van der Waals surface area contributed by atoms with Crippen LogP contribution in [0.25, 0.3) is 0 Å². The van der Waals surface area contributed by atoms with Crippen LogP contribution in [0.3, 0.4) is 0 Å². The molecule has 0 amide bonds. The van der Waals surface area contributed by atoms with Crippen molar-refractivity contribution in [1.29, 1.82) is 5.26 Å². The van der Waals surface area contributed by atoms with Crippen LogP contribution in [0.4, 0.5) is 5.95 Å². The van der Waals surface area contributed by atoms with Gasteiger partial charge in [0.15, 0.2) is 0 Å². The quantitative estimate of drug-likeness (QED) is 0.784. The molecular weight excluding hydrogens is 226 g/mol. The molecule has 0 aromatic carbocycles. The third-order valence-electron chi connectivity index (χ3n) is 3.23. The topological polar surface area (TPSA) is 56.1 Å². The number of anilines is 1. The minimum Gasteiger partial charge on any atom is -0.338 e. The fourth-order valence-corrected chi connectivity index (χ4v) is 1.95. The largest absolute Gasteiger partial charge is 0.338 e. The summed E-state index contributed by atoms with van der Waals surface area (Å²) >= 11 is 0. The zero-order valence-electron chi connectivity index (χ0n) is 11.2. The van der Waals surface area contributed by atoms with E-state index in [0.717, 1.165) is 31.9 Å². The Hall–Kier alpha value is -1.67. The predicted octanol–water partition coefficient (Wildman–Crippen LogP) is 1.22. The highest BCUT2D eigenvalue weighted by molar-refractivity contribution is 5.37. The van der Waals surface area contributed by atoms with E-state index in [1.165, 1.54) is 0 Å². The third kappa shape index (κ3) is 2.77. The van der Waals surface area contributed by atoms with Crippen LogP contribution in [0.2, 0.25) is 0 Å². The number of nitriles is 1. The summed E-state index contributed by atoms with van der Waals surface area (Å²) in [5.74, 6) is 1.01. The number of aromatic nitrogens is 2. The maximum atomic E-state index is 9.04. The minimum absolute atomic E-state index is 0.311. The molecule has 0 saturated carbocycles. The van der Waals surface area contributed by atoms with E-state index in [4.69, 9.17) is 5.26 Å². The van der Waals surface area contributed by atoms with E-state index < -0.39 is 0 Å². The molecule has 1 aliphatic rings. The van der Waals surface area contributed by atoms with E-state index in [-0.39, 0.29) is 0 Å². The molecule has 0 radical (unpaired) electrons. The maximum Gasteiger partial charge on any atom is 0.226 e. The fourth-order valence-electron chi connectivity index (χ4n) is 1.95. The van der Waals surface area contributed by atoms with Crippen LogP contribution >= 0.6 is 0 Å². The number of piperazine rings is 1. The van der Waals surface area contributed by atoms with Gasteiger partial charge in [-0.1, -0.05) is 13.8 Å². The normalized spacial score (nSPS) is 16.9. The van der Waals surface area contributed by atoms with Crippen molar-refractivity contribution in [3.63, 3.8) is 0 Å². The number of rotatable bonds is 2. The highest BCUT2D eigenvalue weighted by Crippen LogP contribution is 2.17. The van der Waals surface area contributed by atoms with Gasteiger partial charge < -0.3 is 9.80 Å². The number of hydrogen-bond acceptors (Lipinski definition) is 5. The van der Waals surface area contributed by atoms with Crippen LogP contribution in [0.1, 0.15) is 31.2 Å². The van der Waals surface area contributed by atoms with Gasteiger partial charge in [0.05, 0.1) is 0 Å². The Morgan fingerprint density at radius 2 is 1.89 bits per heavy atom. The Balaban J connectivity index is 2.27. The first-order chi connectivity index (χ1) is 8.60. The molecule has 0 atom stereocenters. The van der Waals surface area contributed by atoms with E-state index >= 15 is 0 Å². The Bertz CT molecular complexity index is 455. The van der Waals surface area contributed by atoms with Gasteiger partial charge in [0.25, 0.3) is 0 Å². The van der Waals surface area contributed by atoms with Crippen molar-refractivity contribution in [2.45, 2.75) is 19.8 Å². The van der Waals surface area contributed by atoms with Crippen LogP contribution in [0, 0.1) is 11.3 Å². The van der Waals surface area contributed by atoms with E-state index in [1.54, 1.807) is 6.07 Å². The highest BCUT2D eigenvalue weighted by Gasteiger charge is 2.18. The van der Waals surface area contributed by atoms with E-state index in [1.807, 2.05) is 0 Å². The zero-order chi connectivity index (χ0) is 13.1. The van der Waals surface area contributed by atoms with Crippen molar-refractivity contribution in [3.8, 4) is 6.07 Å². The number of likely N-dealkylation sites (N-methyl/N-ethyl adjacent to an activating group) is 1. The van der Waals surface area contributed by atoms with Gasteiger partial charge in [-0.15, -0.1) is 0 Å². The molecular formula is C13H19N5. The molecule has 0 unspecified atom stereocenters. The molecule has 1 aliphatic heterocycles. The van der Waals surface area contributed by atoms with Crippen molar-refractivity contribution in [1.82, 2.24) is 14.9 Å². The summed E-state index contributed by atoms with van der Waals surface area (Å²) in [5.41, 5.74) is 1.40. The van der Waals surface area contributed by atoms with Crippen LogP contribution in [0.5, 0.6) is 0 Å². The number of nitrogens with zero attached hydrogens (tertiary/aromatic N) is 5. The average molecular weight is 245 g/mol. The molecule has 96 valence electrons. The molecule has 0 N–H and O–H groups in total. The van der Waals surface area contributed by atoms with Gasteiger partial charge in [-0.25, -0.2) is 9.97 Å². The second-order valence-electron chi connectivity index (χ2n) is 5.03. The summed E-state index contributed by atoms with van der Waals surface area (Å²) in [6.45, 7) is 8.02. The van der Waals surface area contributed by atoms with Crippen LogP contribution in [0.15, 0.2) is 6.07 Å². The molecule has 2 rings (SSSR count). The minimum atomic E-state index is 0.311. The smallest absolute Gasteiger partial charge is 0.226 e. The van der Waals surface area contributed by atoms with Gasteiger partial charge in [0.2, 0.25) is 5.95 Å². The summed E-state index contributed by atoms with van der Waals surface area (Å²) < 4.78 is 0. The van der Waals surface area contributed by atoms with Gasteiger partial charge in [0, 0.05) is 31.9 Å². The SMILES string of the molecule is CC(C)c1cc(C#N)nc(N2CCN(C)CC2)n1. The van der Waals surface area contributed by atoms with Crippen molar-refractivity contribution in [2.75, 3.05) is 38.1 Å². The van der Waals surface area contributed by atoms with Crippen molar-refractivity contribution >= 4 is 5.95 Å². The maximum absolute atomic E-state index is 9.04. The Morgan fingerprint density at radius 1 is 1.22 bits per heavy atom. The zero-order valence-corrected chi connectivity index (χ0v) is 11.2. The van der Waals surface area contributed by atoms with Crippen molar-refractivity contribution in [2.24, 2.45) is 0 Å². The third-order valence-corrected chi connectivity index (χ3v) is 3.23. The van der Waals surface area contributed by atoms with Crippen LogP contribution < -0.4 is 4.90 Å². The van der Waals surface area contributed by atoms with Gasteiger partial charge in [0.1, 0.15) is 11.8 Å². The second kappa shape index (κ2) is 5.32. The number of hydrogen-bond donors (Lipinski definition) is 0. The lowest BCUT2D eigenvalue weighted by Crippen LogP contribution is -2.45. The lowest BCUT2D eigenvalue weighted by molar-refractivity contribution is 0.311. The van der Waals surface area contributed by atoms with Crippen molar-refractivity contribution < 1.29 is 0 Å². The van der Waals surface area contributed by atoms with Crippen LogP contribution in [-0.2, 0) is 0 Å². The lowest BCUT2D eigenvalue weighted by Gasteiger charge is -2.32. The van der Waals surface area contributed by atoms with Gasteiger partial charge in [-0.3, -0.25) is 0 Å². The molecule has 18 heavy (non-hydrogen) atoms. The second-order valence-corrected chi connectivity index (χ2v) is 5.03. The predicted molar refractivity (Wildman–Crippen MR) is 70.5 cm³/mol. The van der Waals surface area contributed by atoms with E-state index in [9.17, 15) is 0 Å². The van der Waals surface area contributed by atoms with Gasteiger partial charge in [-0.2, -0.15) is 5.26 Å². The fraction of sp³-hybridized carbons (Fsp3) is 0.615. The molecule has 0 bridgehead atoms. The summed E-state index contributed by atoms with van der Waals surface area (Å²) in [6.07, 6.45) is 0. The van der Waals surface area contributed by atoms with E-state index in [2.05, 4.69) is 46.7 Å². The highest BCUT2D eigenvalue weighted by atomic mass is 15.3. The Kier molecular flexibility index (Phi) is 3.78. The first-order valence-electron chi connectivity index (χ1n) is 6.32. The Morgan fingerprint density at radius 3 is 2.44 bits per heavy atom. The molecule has 5 heteroatoms. The van der Waals surface area contributed by atoms with Crippen molar-refractivity contribution in [3.05, 3.63) is 17.5 Å². The monoisotopic (exact) mass is 245 g/mol. The van der Waals surface area contributed by atoms with E-state index in [0.29, 0.717) is 17.6 Å². The van der Waals surface area contributed by atoms with Crippen LogP contribution in [-0.4, -0.2) is 48.1 Å². The molecule has 1 aromatic rings. The summed E-state index contributed by atoms with van der Waals surface area (Å²) in [5, 5.41) is 9.04. The molecule has 5 nitrogen and oxygen atoms in total. The average Bonchev–Trinajstić information content (AvgIpc) is 2.39. The first-order valence-corrected chi connectivity index (χ1v) is 6.32. The molecule has 1 saturated heterocycles. The first kappa shape index (κ1) is 12.8. The Labute approximate surface area is 108 Å². The standard InChI is InChI=1S/C13H19N5/c1-10(2)12-8-11(9-14)15-13(16-12)18-6-4-17(3)5-7-18/h8,10H,4-7H2,1-3H3. The molecule has 0 spiro atoms.